The minimum Gasteiger partial charge on any atom is -0.497 e. The molecule has 0 aliphatic carbocycles. The average molecular weight is 651 g/mol. The molecule has 2 aliphatic rings. The van der Waals surface area contributed by atoms with E-state index in [1.54, 1.807) is 60.0 Å². The number of methoxy groups -OCH3 is 1. The molecular weight excluding hydrogens is 616 g/mol. The molecular formula is C36H34N4O8. The molecule has 2 heterocycles. The number of hydrogen-bond donors (Lipinski definition) is 1. The zero-order valence-corrected chi connectivity index (χ0v) is 26.6. The number of carbonyl (C=O) groups excluding carboxylic acids is 3. The minimum atomic E-state index is -2.31. The van der Waals surface area contributed by atoms with E-state index in [1.807, 2.05) is 42.5 Å². The summed E-state index contributed by atoms with van der Waals surface area (Å²) in [4.78, 5) is 58.4. The van der Waals surface area contributed by atoms with Gasteiger partial charge in [0.15, 0.2) is 0 Å². The van der Waals surface area contributed by atoms with E-state index in [0.717, 1.165) is 5.56 Å². The van der Waals surface area contributed by atoms with Crippen molar-refractivity contribution >= 4 is 34.9 Å². The lowest BCUT2D eigenvalue weighted by molar-refractivity contribution is -0.384. The van der Waals surface area contributed by atoms with Crippen molar-refractivity contribution < 1.29 is 33.5 Å². The third kappa shape index (κ3) is 5.01. The number of non-ortho nitro benzene ring substituents is 1. The number of fused-ring (bicyclic) bond motifs is 2. The molecule has 4 aromatic carbocycles. The normalized spacial score (nSPS) is 19.2. The van der Waals surface area contributed by atoms with Crippen LogP contribution in [0.3, 0.4) is 0 Å². The fourth-order valence-corrected chi connectivity index (χ4v) is 6.67. The Labute approximate surface area is 277 Å². The molecule has 0 aromatic heterocycles. The smallest absolute Gasteiger partial charge is 0.340 e. The summed E-state index contributed by atoms with van der Waals surface area (Å²) in [6, 6.07) is 27.7. The molecule has 4 aromatic rings. The molecule has 2 aliphatic heterocycles. The highest BCUT2D eigenvalue weighted by Gasteiger charge is 2.74. The van der Waals surface area contributed by atoms with Gasteiger partial charge >= 0.3 is 11.9 Å². The van der Waals surface area contributed by atoms with Crippen LogP contribution in [0.15, 0.2) is 103 Å². The first kappa shape index (κ1) is 32.2. The number of ether oxygens (including phenoxy) is 3. The quantitative estimate of drug-likeness (QED) is 0.108. The van der Waals surface area contributed by atoms with Crippen molar-refractivity contribution in [3.05, 3.63) is 130 Å². The van der Waals surface area contributed by atoms with Crippen LogP contribution in [-0.2, 0) is 36.1 Å². The third-order valence-electron chi connectivity index (χ3n) is 8.70. The highest BCUT2D eigenvalue weighted by Crippen LogP contribution is 2.56. The molecule has 246 valence electrons. The van der Waals surface area contributed by atoms with Crippen molar-refractivity contribution in [3.63, 3.8) is 0 Å². The molecule has 48 heavy (non-hydrogen) atoms. The van der Waals surface area contributed by atoms with Crippen LogP contribution < -0.4 is 19.9 Å². The van der Waals surface area contributed by atoms with Gasteiger partial charge < -0.3 is 24.0 Å². The van der Waals surface area contributed by atoms with Crippen LogP contribution >= 0.6 is 0 Å². The molecule has 6 rings (SSSR count). The van der Waals surface area contributed by atoms with E-state index in [0.29, 0.717) is 28.3 Å². The number of hydrogen-bond acceptors (Lipinski definition) is 10. The number of benzene rings is 4. The summed E-state index contributed by atoms with van der Waals surface area (Å²) >= 11 is 0. The predicted octanol–water partition coefficient (Wildman–Crippen LogP) is 5.02. The molecule has 0 bridgehead atoms. The number of rotatable bonds is 10. The molecule has 1 fully saturated rings. The van der Waals surface area contributed by atoms with Crippen molar-refractivity contribution in [1.82, 2.24) is 5.32 Å². The molecule has 0 radical (unpaired) electrons. The van der Waals surface area contributed by atoms with Crippen LogP contribution in [-0.4, -0.2) is 48.6 Å². The number of para-hydroxylation sites is 1. The number of anilines is 2. The minimum absolute atomic E-state index is 0.0746. The summed E-state index contributed by atoms with van der Waals surface area (Å²) in [5.74, 6) is -1.84. The number of amides is 1. The fraction of sp³-hybridized carbons (Fsp3) is 0.250. The Kier molecular flexibility index (Phi) is 8.59. The van der Waals surface area contributed by atoms with E-state index in [4.69, 9.17) is 14.2 Å². The second-order valence-electron chi connectivity index (χ2n) is 11.3. The number of nitro groups is 1. The maximum atomic E-state index is 15.3. The lowest BCUT2D eigenvalue weighted by Crippen LogP contribution is -2.64. The van der Waals surface area contributed by atoms with Crippen molar-refractivity contribution in [3.8, 4) is 5.75 Å². The Balaban J connectivity index is 1.68. The Morgan fingerprint density at radius 1 is 0.854 bits per heavy atom. The third-order valence-corrected chi connectivity index (χ3v) is 8.70. The number of nitrogens with one attached hydrogen (secondary N) is 1. The topological polar surface area (TPSA) is 141 Å². The number of nitro benzene ring substituents is 1. The molecule has 1 N–H and O–H groups in total. The fourth-order valence-electron chi connectivity index (χ4n) is 6.67. The zero-order chi connectivity index (χ0) is 34.1. The lowest BCUT2D eigenvalue weighted by Gasteiger charge is -2.39. The van der Waals surface area contributed by atoms with Crippen LogP contribution in [0.1, 0.15) is 36.6 Å². The summed E-state index contributed by atoms with van der Waals surface area (Å²) < 4.78 is 16.6. The van der Waals surface area contributed by atoms with Gasteiger partial charge in [-0.3, -0.25) is 20.2 Å². The van der Waals surface area contributed by atoms with Crippen molar-refractivity contribution in [2.75, 3.05) is 30.1 Å². The van der Waals surface area contributed by atoms with Crippen LogP contribution in [0.2, 0.25) is 0 Å². The van der Waals surface area contributed by atoms with Crippen molar-refractivity contribution in [1.29, 1.82) is 0 Å². The summed E-state index contributed by atoms with van der Waals surface area (Å²) in [5, 5.41) is 14.9. The summed E-state index contributed by atoms with van der Waals surface area (Å²) in [7, 11) is 1.53. The highest BCUT2D eigenvalue weighted by atomic mass is 16.6. The van der Waals surface area contributed by atoms with E-state index in [2.05, 4.69) is 5.32 Å². The summed E-state index contributed by atoms with van der Waals surface area (Å²) in [6.07, 6.45) is 0. The average Bonchev–Trinajstić information content (AvgIpc) is 3.56. The second-order valence-corrected chi connectivity index (χ2v) is 11.3. The molecule has 0 saturated carbocycles. The Morgan fingerprint density at radius 2 is 1.46 bits per heavy atom. The molecule has 1 saturated heterocycles. The summed E-state index contributed by atoms with van der Waals surface area (Å²) in [6.45, 7) is 3.27. The Morgan fingerprint density at radius 3 is 2.04 bits per heavy atom. The van der Waals surface area contributed by atoms with Crippen LogP contribution in [0.25, 0.3) is 0 Å². The molecule has 1 spiro atoms. The molecule has 2 atom stereocenters. The van der Waals surface area contributed by atoms with Gasteiger partial charge in [-0.25, -0.2) is 9.59 Å². The summed E-state index contributed by atoms with van der Waals surface area (Å²) in [5.41, 5.74) is -1.65. The van der Waals surface area contributed by atoms with E-state index >= 15 is 4.79 Å². The molecule has 1 amide bonds. The lowest BCUT2D eigenvalue weighted by atomic mass is 9.85. The molecule has 0 unspecified atom stereocenters. The van der Waals surface area contributed by atoms with Crippen LogP contribution in [0.5, 0.6) is 5.75 Å². The van der Waals surface area contributed by atoms with Gasteiger partial charge in [0.25, 0.3) is 11.6 Å². The number of nitrogens with zero attached hydrogens (tertiary/aromatic N) is 3. The van der Waals surface area contributed by atoms with Gasteiger partial charge in [0, 0.05) is 23.4 Å². The van der Waals surface area contributed by atoms with Crippen molar-refractivity contribution in [2.24, 2.45) is 0 Å². The van der Waals surface area contributed by atoms with Crippen LogP contribution in [0.4, 0.5) is 17.1 Å². The van der Waals surface area contributed by atoms with Crippen LogP contribution in [0, 0.1) is 10.1 Å². The van der Waals surface area contributed by atoms with Gasteiger partial charge in [-0.05, 0) is 55.3 Å². The van der Waals surface area contributed by atoms with E-state index < -0.39 is 40.0 Å². The first-order valence-electron chi connectivity index (χ1n) is 15.5. The number of carbonyl (C=O) groups is 3. The largest absolute Gasteiger partial charge is 0.497 e. The number of esters is 2. The van der Waals surface area contributed by atoms with Gasteiger partial charge in [0.1, 0.15) is 5.75 Å². The monoisotopic (exact) mass is 650 g/mol. The predicted molar refractivity (Wildman–Crippen MR) is 176 cm³/mol. The van der Waals surface area contributed by atoms with Gasteiger partial charge in [-0.1, -0.05) is 60.7 Å². The molecule has 12 heteroatoms. The Bertz CT molecular complexity index is 1830. The van der Waals surface area contributed by atoms with E-state index in [1.165, 1.54) is 31.4 Å². The van der Waals surface area contributed by atoms with Gasteiger partial charge in [0.2, 0.25) is 11.2 Å². The standard InChI is InChI=1S/C36H34N4O8/c1-4-47-33(42)35(34(43)48-5-2)31(25-15-17-27(18-16-25)40(44)45)39(26-19-21-28(46-3)22-20-26)36(37-35)29-13-9-10-14-30(29)38(32(36)41)23-24-11-7-6-8-12-24/h6-22,31,37H,4-5,23H2,1-3H3/t31-,36-/m1/s1. The maximum absolute atomic E-state index is 15.3. The van der Waals surface area contributed by atoms with Gasteiger partial charge in [-0.15, -0.1) is 0 Å². The Hall–Kier alpha value is -5.75. The van der Waals surface area contributed by atoms with E-state index in [-0.39, 0.29) is 25.4 Å². The highest BCUT2D eigenvalue weighted by molar-refractivity contribution is 6.15. The zero-order valence-electron chi connectivity index (χ0n) is 26.6. The SMILES string of the molecule is CCOC(=O)C1(C(=O)OCC)N[C@@]2(C(=O)N(Cc3ccccc3)c3ccccc32)N(c2ccc(OC)cc2)[C@@H]1c1ccc([N+](=O)[O-])cc1. The van der Waals surface area contributed by atoms with Gasteiger partial charge in [-0.2, -0.15) is 0 Å². The first-order valence-corrected chi connectivity index (χ1v) is 15.5. The van der Waals surface area contributed by atoms with Gasteiger partial charge in [0.05, 0.1) is 43.5 Å². The first-order chi connectivity index (χ1) is 23.2. The van der Waals surface area contributed by atoms with Crippen molar-refractivity contribution in [2.45, 2.75) is 37.6 Å². The molecule has 12 nitrogen and oxygen atoms in total. The maximum Gasteiger partial charge on any atom is 0.340 e. The van der Waals surface area contributed by atoms with E-state index in [9.17, 15) is 19.7 Å². The second kappa shape index (κ2) is 12.8.